The Morgan fingerprint density at radius 3 is 2.36 bits per heavy atom. The maximum Gasteiger partial charge on any atom is 0.534 e. The van der Waals surface area contributed by atoms with Crippen LogP contribution in [0.25, 0.3) is 0 Å². The third-order valence-electron chi connectivity index (χ3n) is 3.46. The fourth-order valence-electron chi connectivity index (χ4n) is 2.25. The first-order chi connectivity index (χ1) is 13.0. The zero-order valence-electron chi connectivity index (χ0n) is 15.7. The molecule has 0 bridgehead atoms. The Morgan fingerprint density at radius 1 is 1.18 bits per heavy atom. The molecule has 1 aliphatic heterocycles. The average Bonchev–Trinajstić information content (AvgIpc) is 2.59. The molecule has 0 N–H and O–H groups in total. The number of carbonyl (C=O) groups excluding carboxylic acids is 2. The molecule has 0 spiro atoms. The first-order valence-corrected chi connectivity index (χ1v) is 10.7. The van der Waals surface area contributed by atoms with Gasteiger partial charge in [-0.2, -0.15) is 8.42 Å². The molecule has 1 heterocycles. The molecule has 0 saturated carbocycles. The van der Waals surface area contributed by atoms with E-state index in [0.717, 1.165) is 0 Å². The number of hydroxylamine groups is 1. The van der Waals surface area contributed by atoms with Crippen LogP contribution in [0.15, 0.2) is 33.6 Å². The highest BCUT2D eigenvalue weighted by Crippen LogP contribution is 2.27. The Morgan fingerprint density at radius 2 is 1.79 bits per heavy atom. The number of sulfonamides is 1. The standard InChI is InChI=1S/C17H22BrNO8S/c1-17(2,3)26-15(20)19(27-16(21)25-12-8-10-24-11-9-12)28(22,23)14-7-5-4-6-13(14)18/h4-7,12H,8-11H2,1-3H3. The SMILES string of the molecule is CC(C)(C)OC(=O)N(OC(=O)OC1CCOCC1)S(=O)(=O)c1ccccc1Br. The zero-order valence-corrected chi connectivity index (χ0v) is 18.1. The molecule has 1 aromatic carbocycles. The Kier molecular flexibility index (Phi) is 7.29. The molecule has 11 heteroatoms. The number of halogens is 1. The lowest BCUT2D eigenvalue weighted by Gasteiger charge is -2.26. The van der Waals surface area contributed by atoms with Crippen LogP contribution in [0.3, 0.4) is 0 Å². The van der Waals surface area contributed by atoms with Crippen molar-refractivity contribution in [2.24, 2.45) is 0 Å². The molecule has 2 rings (SSSR count). The van der Waals surface area contributed by atoms with Gasteiger partial charge in [-0.25, -0.2) is 9.59 Å². The molecule has 1 fully saturated rings. The van der Waals surface area contributed by atoms with Crippen molar-refractivity contribution in [2.45, 2.75) is 50.2 Å². The van der Waals surface area contributed by atoms with Crippen molar-refractivity contribution in [3.05, 3.63) is 28.7 Å². The van der Waals surface area contributed by atoms with Crippen molar-refractivity contribution < 1.29 is 37.1 Å². The van der Waals surface area contributed by atoms with E-state index in [1.807, 2.05) is 0 Å². The normalized spacial score (nSPS) is 15.6. The second-order valence-corrected chi connectivity index (χ2v) is 9.49. The molecule has 1 aliphatic rings. The van der Waals surface area contributed by atoms with Gasteiger partial charge in [0.05, 0.1) is 13.2 Å². The summed E-state index contributed by atoms with van der Waals surface area (Å²) in [6.45, 7) is 5.46. The summed E-state index contributed by atoms with van der Waals surface area (Å²) in [6, 6.07) is 5.79. The summed E-state index contributed by atoms with van der Waals surface area (Å²) in [5, 5.41) is 0. The minimum atomic E-state index is -4.58. The highest BCUT2D eigenvalue weighted by Gasteiger charge is 2.39. The number of benzene rings is 1. The molecule has 0 aromatic heterocycles. The van der Waals surface area contributed by atoms with Crippen LogP contribution < -0.4 is 0 Å². The number of nitrogens with zero attached hydrogens (tertiary/aromatic N) is 1. The van der Waals surface area contributed by atoms with E-state index in [-0.39, 0.29) is 13.8 Å². The molecule has 0 unspecified atom stereocenters. The van der Waals surface area contributed by atoms with E-state index < -0.39 is 34.0 Å². The first-order valence-electron chi connectivity index (χ1n) is 8.50. The fraction of sp³-hybridized carbons (Fsp3) is 0.529. The Bertz CT molecular complexity index is 815. The molecule has 0 aliphatic carbocycles. The maximum atomic E-state index is 13.0. The summed E-state index contributed by atoms with van der Waals surface area (Å²) >= 11 is 3.11. The molecule has 9 nitrogen and oxygen atoms in total. The van der Waals surface area contributed by atoms with Crippen LogP contribution in [-0.4, -0.2) is 50.1 Å². The summed E-state index contributed by atoms with van der Waals surface area (Å²) in [7, 11) is -4.58. The van der Waals surface area contributed by atoms with Gasteiger partial charge in [-0.1, -0.05) is 12.1 Å². The van der Waals surface area contributed by atoms with Crippen molar-refractivity contribution in [3.8, 4) is 0 Å². The van der Waals surface area contributed by atoms with Crippen LogP contribution in [0.1, 0.15) is 33.6 Å². The van der Waals surface area contributed by atoms with E-state index in [9.17, 15) is 18.0 Å². The zero-order chi connectivity index (χ0) is 20.9. The molecular weight excluding hydrogens is 458 g/mol. The van der Waals surface area contributed by atoms with E-state index in [0.29, 0.717) is 26.1 Å². The minimum absolute atomic E-state index is 0.0972. The molecule has 1 amide bonds. The number of ether oxygens (including phenoxy) is 3. The summed E-state index contributed by atoms with van der Waals surface area (Å²) in [6.07, 6.45) is -2.30. The van der Waals surface area contributed by atoms with Crippen molar-refractivity contribution >= 4 is 38.2 Å². The number of hydrogen-bond acceptors (Lipinski definition) is 8. The Balaban J connectivity index is 2.27. The van der Waals surface area contributed by atoms with E-state index in [2.05, 4.69) is 15.9 Å². The van der Waals surface area contributed by atoms with Crippen LogP contribution in [0, 0.1) is 0 Å². The third-order valence-corrected chi connectivity index (χ3v) is 5.99. The van der Waals surface area contributed by atoms with E-state index in [1.165, 1.54) is 18.2 Å². The largest absolute Gasteiger partial charge is 0.534 e. The highest BCUT2D eigenvalue weighted by atomic mass is 79.9. The molecular formula is C17H22BrNO8S. The number of hydrogen-bond donors (Lipinski definition) is 0. The summed E-state index contributed by atoms with van der Waals surface area (Å²) in [4.78, 5) is 29.1. The molecule has 1 saturated heterocycles. The maximum absolute atomic E-state index is 13.0. The Labute approximate surface area is 172 Å². The van der Waals surface area contributed by atoms with Crippen LogP contribution >= 0.6 is 15.9 Å². The monoisotopic (exact) mass is 479 g/mol. The van der Waals surface area contributed by atoms with Crippen molar-refractivity contribution in [1.82, 2.24) is 4.47 Å². The minimum Gasteiger partial charge on any atom is -0.441 e. The lowest BCUT2D eigenvalue weighted by molar-refractivity contribution is -0.0924. The second-order valence-electron chi connectivity index (χ2n) is 6.91. The molecule has 0 atom stereocenters. The van der Waals surface area contributed by atoms with E-state index in [1.54, 1.807) is 26.8 Å². The third kappa shape index (κ3) is 6.08. The predicted octanol–water partition coefficient (Wildman–Crippen LogP) is 3.62. The topological polar surface area (TPSA) is 108 Å². The quantitative estimate of drug-likeness (QED) is 0.477. The van der Waals surface area contributed by atoms with Crippen LogP contribution in [-0.2, 0) is 29.1 Å². The van der Waals surface area contributed by atoms with Gasteiger partial charge >= 0.3 is 22.3 Å². The second kappa shape index (κ2) is 9.10. The number of carbonyl (C=O) groups is 2. The molecule has 1 aromatic rings. The smallest absolute Gasteiger partial charge is 0.441 e. The molecule has 156 valence electrons. The number of amides is 1. The van der Waals surface area contributed by atoms with Gasteiger partial charge in [0.25, 0.3) is 0 Å². The van der Waals surface area contributed by atoms with Crippen molar-refractivity contribution in [3.63, 3.8) is 0 Å². The van der Waals surface area contributed by atoms with Crippen LogP contribution in [0.5, 0.6) is 0 Å². The van der Waals surface area contributed by atoms with Crippen LogP contribution in [0.4, 0.5) is 9.59 Å². The summed E-state index contributed by atoms with van der Waals surface area (Å²) in [5.74, 6) is 0. The lowest BCUT2D eigenvalue weighted by atomic mass is 10.2. The van der Waals surface area contributed by atoms with Gasteiger partial charge in [-0.3, -0.25) is 4.84 Å². The summed E-state index contributed by atoms with van der Waals surface area (Å²) in [5.41, 5.74) is -1.02. The molecule has 0 radical (unpaired) electrons. The summed E-state index contributed by atoms with van der Waals surface area (Å²) < 4.78 is 41.3. The predicted molar refractivity (Wildman–Crippen MR) is 101 cm³/mol. The first kappa shape index (κ1) is 22.4. The van der Waals surface area contributed by atoms with Crippen molar-refractivity contribution in [1.29, 1.82) is 0 Å². The van der Waals surface area contributed by atoms with Crippen LogP contribution in [0.2, 0.25) is 0 Å². The fourth-order valence-corrected chi connectivity index (χ4v) is 4.28. The highest BCUT2D eigenvalue weighted by molar-refractivity contribution is 9.10. The van der Waals surface area contributed by atoms with Gasteiger partial charge in [0, 0.05) is 17.3 Å². The van der Waals surface area contributed by atoms with Crippen molar-refractivity contribution in [2.75, 3.05) is 13.2 Å². The van der Waals surface area contributed by atoms with Gasteiger partial charge in [-0.15, -0.1) is 0 Å². The Hall–Kier alpha value is -1.85. The van der Waals surface area contributed by atoms with E-state index >= 15 is 0 Å². The number of rotatable bonds is 3. The van der Waals surface area contributed by atoms with Gasteiger partial charge in [-0.05, 0) is 53.3 Å². The van der Waals surface area contributed by atoms with Gasteiger partial charge < -0.3 is 14.2 Å². The van der Waals surface area contributed by atoms with Gasteiger partial charge in [0.1, 0.15) is 16.6 Å². The average molecular weight is 480 g/mol. The van der Waals surface area contributed by atoms with Gasteiger partial charge in [0.15, 0.2) is 0 Å². The molecule has 28 heavy (non-hydrogen) atoms. The lowest BCUT2D eigenvalue weighted by Crippen LogP contribution is -2.43. The van der Waals surface area contributed by atoms with E-state index in [4.69, 9.17) is 19.0 Å². The van der Waals surface area contributed by atoms with Gasteiger partial charge in [0.2, 0.25) is 0 Å².